The van der Waals surface area contributed by atoms with E-state index in [9.17, 15) is 27.6 Å². The average Bonchev–Trinajstić information content (AvgIpc) is 2.83. The summed E-state index contributed by atoms with van der Waals surface area (Å²) in [6.45, 7) is 0.160. The summed E-state index contributed by atoms with van der Waals surface area (Å²) in [6.07, 6.45) is -5.42. The number of carbonyl (C=O) groups excluding carboxylic acids is 3. The van der Waals surface area contributed by atoms with E-state index in [0.717, 1.165) is 12.1 Å². The van der Waals surface area contributed by atoms with Gasteiger partial charge in [-0.05, 0) is 48.7 Å². The molecule has 0 aliphatic carbocycles. The highest BCUT2D eigenvalue weighted by atomic mass is 35.5. The van der Waals surface area contributed by atoms with Crippen LogP contribution in [0, 0.1) is 0 Å². The predicted molar refractivity (Wildman–Crippen MR) is 119 cm³/mol. The number of hydrogen-bond acceptors (Lipinski definition) is 5. The Labute approximate surface area is 203 Å². The minimum absolute atomic E-state index is 0.0662. The largest absolute Gasteiger partial charge is 0.479 e. The molecule has 2 heterocycles. The molecule has 3 unspecified atom stereocenters. The van der Waals surface area contributed by atoms with Crippen molar-refractivity contribution < 1.29 is 37.0 Å². The van der Waals surface area contributed by atoms with Gasteiger partial charge in [0.25, 0.3) is 5.91 Å². The maximum absolute atomic E-state index is 12.6. The minimum Gasteiger partial charge on any atom is -0.479 e. The molecule has 35 heavy (non-hydrogen) atoms. The SMILES string of the molecule is O=C1CC(C(=O)NC2CCC(C(=O)NCc3ccc(C(F)(F)F)cc3)OC2)Oc2ccc(Cl)cc21. The summed E-state index contributed by atoms with van der Waals surface area (Å²) in [6, 6.07) is 8.81. The topological polar surface area (TPSA) is 93.7 Å². The van der Waals surface area contributed by atoms with Gasteiger partial charge in [0.15, 0.2) is 11.9 Å². The number of amides is 2. The van der Waals surface area contributed by atoms with Crippen LogP contribution in [0.4, 0.5) is 13.2 Å². The molecular formula is C24H22ClF3N2O5. The van der Waals surface area contributed by atoms with Gasteiger partial charge in [-0.2, -0.15) is 13.2 Å². The zero-order valence-electron chi connectivity index (χ0n) is 18.4. The Morgan fingerprint density at radius 1 is 1.03 bits per heavy atom. The Bertz CT molecular complexity index is 1120. The molecule has 3 atom stereocenters. The first-order chi connectivity index (χ1) is 16.6. The van der Waals surface area contributed by atoms with E-state index in [4.69, 9.17) is 21.1 Å². The molecule has 0 saturated carbocycles. The van der Waals surface area contributed by atoms with Crippen molar-refractivity contribution in [1.29, 1.82) is 0 Å². The monoisotopic (exact) mass is 510 g/mol. The maximum Gasteiger partial charge on any atom is 0.416 e. The molecule has 1 saturated heterocycles. The lowest BCUT2D eigenvalue weighted by molar-refractivity contribution is -0.139. The van der Waals surface area contributed by atoms with Gasteiger partial charge in [-0.25, -0.2) is 0 Å². The van der Waals surface area contributed by atoms with E-state index in [0.29, 0.717) is 34.7 Å². The number of carbonyl (C=O) groups is 3. The van der Waals surface area contributed by atoms with Gasteiger partial charge in [0.2, 0.25) is 5.91 Å². The van der Waals surface area contributed by atoms with E-state index in [-0.39, 0.29) is 37.3 Å². The second kappa shape index (κ2) is 10.2. The van der Waals surface area contributed by atoms with E-state index in [1.807, 2.05) is 0 Å². The third-order valence-corrected chi connectivity index (χ3v) is 6.07. The van der Waals surface area contributed by atoms with Gasteiger partial charge in [-0.15, -0.1) is 0 Å². The zero-order valence-corrected chi connectivity index (χ0v) is 19.1. The van der Waals surface area contributed by atoms with E-state index >= 15 is 0 Å². The number of ether oxygens (including phenoxy) is 2. The lowest BCUT2D eigenvalue weighted by Gasteiger charge is -2.31. The fraction of sp³-hybridized carbons (Fsp3) is 0.375. The Morgan fingerprint density at radius 3 is 2.43 bits per heavy atom. The molecule has 11 heteroatoms. The number of halogens is 4. The van der Waals surface area contributed by atoms with Crippen molar-refractivity contribution in [2.45, 2.75) is 50.2 Å². The lowest BCUT2D eigenvalue weighted by atomic mass is 9.99. The molecule has 0 bridgehead atoms. The highest BCUT2D eigenvalue weighted by Gasteiger charge is 2.34. The summed E-state index contributed by atoms with van der Waals surface area (Å²) in [5.74, 6) is -0.766. The number of fused-ring (bicyclic) bond motifs is 1. The minimum atomic E-state index is -4.42. The van der Waals surface area contributed by atoms with Crippen LogP contribution in [0.5, 0.6) is 5.75 Å². The van der Waals surface area contributed by atoms with Crippen LogP contribution in [0.25, 0.3) is 0 Å². The number of Topliss-reactive ketones (excluding diaryl/α,β-unsaturated/α-hetero) is 1. The quantitative estimate of drug-likeness (QED) is 0.640. The van der Waals surface area contributed by atoms with E-state index in [1.54, 1.807) is 12.1 Å². The summed E-state index contributed by atoms with van der Waals surface area (Å²) in [7, 11) is 0. The van der Waals surface area contributed by atoms with Crippen LogP contribution < -0.4 is 15.4 Å². The van der Waals surface area contributed by atoms with Crippen LogP contribution in [-0.2, 0) is 27.0 Å². The molecule has 1 fully saturated rings. The Hall–Kier alpha value is -3.11. The summed E-state index contributed by atoms with van der Waals surface area (Å²) in [5, 5.41) is 5.85. The summed E-state index contributed by atoms with van der Waals surface area (Å²) in [4.78, 5) is 37.4. The van der Waals surface area contributed by atoms with Gasteiger partial charge < -0.3 is 20.1 Å². The van der Waals surface area contributed by atoms with Crippen molar-refractivity contribution >= 4 is 29.2 Å². The molecule has 2 N–H and O–H groups in total. The van der Waals surface area contributed by atoms with Crippen LogP contribution in [0.3, 0.4) is 0 Å². The third-order valence-electron chi connectivity index (χ3n) is 5.84. The summed E-state index contributed by atoms with van der Waals surface area (Å²) >= 11 is 5.91. The Kier molecular flexibility index (Phi) is 7.32. The molecular weight excluding hydrogens is 489 g/mol. The van der Waals surface area contributed by atoms with Gasteiger partial charge >= 0.3 is 6.18 Å². The molecule has 186 valence electrons. The van der Waals surface area contributed by atoms with Crippen molar-refractivity contribution in [3.8, 4) is 5.75 Å². The lowest BCUT2D eigenvalue weighted by Crippen LogP contribution is -2.51. The van der Waals surface area contributed by atoms with Gasteiger partial charge in [0.1, 0.15) is 11.9 Å². The number of rotatable bonds is 5. The van der Waals surface area contributed by atoms with Crippen molar-refractivity contribution in [2.75, 3.05) is 6.61 Å². The molecule has 7 nitrogen and oxygen atoms in total. The first-order valence-electron chi connectivity index (χ1n) is 11.0. The predicted octanol–water partition coefficient (Wildman–Crippen LogP) is 3.67. The van der Waals surface area contributed by atoms with Crippen molar-refractivity contribution in [3.63, 3.8) is 0 Å². The molecule has 2 aromatic rings. The van der Waals surface area contributed by atoms with E-state index in [1.165, 1.54) is 18.2 Å². The van der Waals surface area contributed by atoms with Crippen LogP contribution in [-0.4, -0.2) is 42.5 Å². The number of hydrogen-bond donors (Lipinski definition) is 2. The number of alkyl halides is 3. The van der Waals surface area contributed by atoms with Crippen molar-refractivity contribution in [1.82, 2.24) is 10.6 Å². The molecule has 2 aliphatic heterocycles. The third kappa shape index (κ3) is 6.12. The van der Waals surface area contributed by atoms with Crippen LogP contribution in [0.15, 0.2) is 42.5 Å². The molecule has 2 amide bonds. The summed E-state index contributed by atoms with van der Waals surface area (Å²) in [5.41, 5.74) is 0.110. The van der Waals surface area contributed by atoms with Crippen LogP contribution in [0.2, 0.25) is 5.02 Å². The summed E-state index contributed by atoms with van der Waals surface area (Å²) < 4.78 is 49.2. The van der Waals surface area contributed by atoms with Gasteiger partial charge in [-0.1, -0.05) is 23.7 Å². The van der Waals surface area contributed by atoms with E-state index in [2.05, 4.69) is 10.6 Å². The fourth-order valence-electron chi connectivity index (χ4n) is 3.92. The van der Waals surface area contributed by atoms with Crippen LogP contribution >= 0.6 is 11.6 Å². The van der Waals surface area contributed by atoms with Gasteiger partial charge in [-0.3, -0.25) is 14.4 Å². The van der Waals surface area contributed by atoms with Gasteiger partial charge in [0.05, 0.1) is 30.2 Å². The second-order valence-corrected chi connectivity index (χ2v) is 8.83. The number of ketones is 1. The fourth-order valence-corrected chi connectivity index (χ4v) is 4.10. The highest BCUT2D eigenvalue weighted by molar-refractivity contribution is 6.31. The molecule has 2 aromatic carbocycles. The van der Waals surface area contributed by atoms with E-state index < -0.39 is 29.9 Å². The highest BCUT2D eigenvalue weighted by Crippen LogP contribution is 2.31. The maximum atomic E-state index is 12.6. The molecule has 0 radical (unpaired) electrons. The standard InChI is InChI=1S/C24H22ClF3N2O5/c25-15-5-7-19-17(9-15)18(31)10-21(35-19)23(33)30-16-6-8-20(34-12-16)22(32)29-11-13-1-3-14(4-2-13)24(26,27)28/h1-5,7,9,16,20-21H,6,8,10-12H2,(H,29,32)(H,30,33). The second-order valence-electron chi connectivity index (χ2n) is 8.39. The average molecular weight is 511 g/mol. The van der Waals surface area contributed by atoms with Crippen molar-refractivity contribution in [2.24, 2.45) is 0 Å². The van der Waals surface area contributed by atoms with Crippen molar-refractivity contribution in [3.05, 3.63) is 64.2 Å². The molecule has 0 aromatic heterocycles. The molecule has 2 aliphatic rings. The smallest absolute Gasteiger partial charge is 0.416 e. The molecule has 0 spiro atoms. The zero-order chi connectivity index (χ0) is 25.2. The first-order valence-corrected chi connectivity index (χ1v) is 11.3. The Morgan fingerprint density at radius 2 is 1.77 bits per heavy atom. The normalized spacial score (nSPS) is 22.1. The number of benzene rings is 2. The van der Waals surface area contributed by atoms with Crippen LogP contribution in [0.1, 0.15) is 40.7 Å². The molecule has 4 rings (SSSR count). The first kappa shape index (κ1) is 25.0. The number of nitrogens with one attached hydrogen (secondary N) is 2. The Balaban J connectivity index is 1.22. The van der Waals surface area contributed by atoms with Gasteiger partial charge in [0, 0.05) is 11.6 Å².